The van der Waals surface area contributed by atoms with Crippen molar-refractivity contribution in [3.05, 3.63) is 58.4 Å². The SMILES string of the molecule is C=CCc1c(C)nn(C(=O)CNc2cccc(Cl)c2C)c1C. The largest absolute Gasteiger partial charge is 0.376 e. The molecule has 22 heavy (non-hydrogen) atoms. The highest BCUT2D eigenvalue weighted by Gasteiger charge is 2.15. The third kappa shape index (κ3) is 3.22. The fourth-order valence-electron chi connectivity index (χ4n) is 2.40. The van der Waals surface area contributed by atoms with E-state index in [-0.39, 0.29) is 12.5 Å². The molecule has 0 radical (unpaired) electrons. The smallest absolute Gasteiger partial charge is 0.266 e. The number of rotatable bonds is 5. The normalized spacial score (nSPS) is 10.5. The molecule has 0 spiro atoms. The molecule has 1 aromatic heterocycles. The molecule has 0 fully saturated rings. The van der Waals surface area contributed by atoms with Crippen LogP contribution in [-0.2, 0) is 6.42 Å². The predicted molar refractivity (Wildman–Crippen MR) is 90.9 cm³/mol. The van der Waals surface area contributed by atoms with Crippen molar-refractivity contribution in [3.63, 3.8) is 0 Å². The van der Waals surface area contributed by atoms with Crippen LogP contribution in [0.1, 0.15) is 27.3 Å². The molecule has 1 N–H and O–H groups in total. The number of carbonyl (C=O) groups excluding carboxylic acids is 1. The molecule has 116 valence electrons. The molecule has 1 aromatic carbocycles. The van der Waals surface area contributed by atoms with Crippen molar-refractivity contribution in [2.45, 2.75) is 27.2 Å². The van der Waals surface area contributed by atoms with Crippen LogP contribution in [0.25, 0.3) is 0 Å². The Morgan fingerprint density at radius 2 is 2.14 bits per heavy atom. The Morgan fingerprint density at radius 3 is 2.82 bits per heavy atom. The lowest BCUT2D eigenvalue weighted by molar-refractivity contribution is 0.0910. The number of hydrogen-bond donors (Lipinski definition) is 1. The Bertz CT molecular complexity index is 719. The minimum absolute atomic E-state index is 0.102. The number of halogens is 1. The maximum Gasteiger partial charge on any atom is 0.266 e. The second-order valence-corrected chi connectivity index (χ2v) is 5.62. The van der Waals surface area contributed by atoms with Gasteiger partial charge in [-0.3, -0.25) is 4.79 Å². The zero-order chi connectivity index (χ0) is 16.3. The van der Waals surface area contributed by atoms with Gasteiger partial charge in [-0.1, -0.05) is 23.7 Å². The molecule has 0 atom stereocenters. The highest BCUT2D eigenvalue weighted by molar-refractivity contribution is 6.31. The maximum atomic E-state index is 12.4. The summed E-state index contributed by atoms with van der Waals surface area (Å²) in [5.41, 5.74) is 4.57. The Labute approximate surface area is 135 Å². The van der Waals surface area contributed by atoms with Crippen molar-refractivity contribution in [1.29, 1.82) is 0 Å². The molecule has 0 unspecified atom stereocenters. The number of benzene rings is 1. The third-order valence-corrected chi connectivity index (χ3v) is 4.13. The Kier molecular flexibility index (Phi) is 5.03. The van der Waals surface area contributed by atoms with Crippen LogP contribution in [0.4, 0.5) is 5.69 Å². The summed E-state index contributed by atoms with van der Waals surface area (Å²) in [4.78, 5) is 12.4. The molecule has 0 aliphatic rings. The van der Waals surface area contributed by atoms with Crippen LogP contribution in [-0.4, -0.2) is 22.2 Å². The van der Waals surface area contributed by atoms with Gasteiger partial charge in [0.1, 0.15) is 0 Å². The van der Waals surface area contributed by atoms with E-state index in [1.54, 1.807) is 0 Å². The quantitative estimate of drug-likeness (QED) is 0.850. The molecule has 2 rings (SSSR count). The van der Waals surface area contributed by atoms with Crippen LogP contribution >= 0.6 is 11.6 Å². The van der Waals surface area contributed by atoms with Gasteiger partial charge < -0.3 is 5.32 Å². The van der Waals surface area contributed by atoms with E-state index in [0.717, 1.165) is 28.2 Å². The number of nitrogens with zero attached hydrogens (tertiary/aromatic N) is 2. The van der Waals surface area contributed by atoms with E-state index in [2.05, 4.69) is 17.0 Å². The number of carbonyl (C=O) groups is 1. The minimum Gasteiger partial charge on any atom is -0.376 e. The number of anilines is 1. The number of aryl methyl sites for hydroxylation is 1. The Hall–Kier alpha value is -2.07. The number of allylic oxidation sites excluding steroid dienone is 1. The van der Waals surface area contributed by atoms with E-state index in [9.17, 15) is 4.79 Å². The van der Waals surface area contributed by atoms with Crippen LogP contribution in [0.5, 0.6) is 0 Å². The van der Waals surface area contributed by atoms with Crippen molar-refractivity contribution in [2.24, 2.45) is 0 Å². The highest BCUT2D eigenvalue weighted by Crippen LogP contribution is 2.22. The van der Waals surface area contributed by atoms with Crippen LogP contribution in [0, 0.1) is 20.8 Å². The first-order valence-electron chi connectivity index (χ1n) is 7.14. The molecule has 0 amide bonds. The van der Waals surface area contributed by atoms with Gasteiger partial charge in [-0.15, -0.1) is 6.58 Å². The number of hydrogen-bond acceptors (Lipinski definition) is 3. The third-order valence-electron chi connectivity index (χ3n) is 3.72. The van der Waals surface area contributed by atoms with Crippen molar-refractivity contribution in [2.75, 3.05) is 11.9 Å². The average molecular weight is 318 g/mol. The summed E-state index contributed by atoms with van der Waals surface area (Å²) in [5.74, 6) is -0.102. The number of aromatic nitrogens is 2. The van der Waals surface area contributed by atoms with Crippen LogP contribution in [0.3, 0.4) is 0 Å². The fraction of sp³-hybridized carbons (Fsp3) is 0.294. The van der Waals surface area contributed by atoms with Gasteiger partial charge in [-0.25, -0.2) is 4.68 Å². The summed E-state index contributed by atoms with van der Waals surface area (Å²) >= 11 is 6.08. The van der Waals surface area contributed by atoms with Gasteiger partial charge in [0.25, 0.3) is 5.91 Å². The monoisotopic (exact) mass is 317 g/mol. The maximum absolute atomic E-state index is 12.4. The predicted octanol–water partition coefficient (Wildman–Crippen LogP) is 3.94. The van der Waals surface area contributed by atoms with E-state index in [1.165, 1.54) is 4.68 Å². The van der Waals surface area contributed by atoms with E-state index in [0.29, 0.717) is 11.4 Å². The molecule has 0 saturated heterocycles. The lowest BCUT2D eigenvalue weighted by Gasteiger charge is -2.10. The zero-order valence-corrected chi connectivity index (χ0v) is 13.9. The van der Waals surface area contributed by atoms with E-state index >= 15 is 0 Å². The summed E-state index contributed by atoms with van der Waals surface area (Å²) in [7, 11) is 0. The van der Waals surface area contributed by atoms with Crippen molar-refractivity contribution < 1.29 is 4.79 Å². The Balaban J connectivity index is 2.15. The van der Waals surface area contributed by atoms with Crippen LogP contribution in [0.2, 0.25) is 5.02 Å². The molecular weight excluding hydrogens is 298 g/mol. The lowest BCUT2D eigenvalue weighted by Crippen LogP contribution is -2.23. The average Bonchev–Trinajstić information content (AvgIpc) is 2.77. The Morgan fingerprint density at radius 1 is 1.41 bits per heavy atom. The van der Waals surface area contributed by atoms with Crippen molar-refractivity contribution >= 4 is 23.2 Å². The summed E-state index contributed by atoms with van der Waals surface area (Å²) in [6.07, 6.45) is 2.53. The molecule has 0 saturated carbocycles. The molecular formula is C17H20ClN3O. The van der Waals surface area contributed by atoms with Gasteiger partial charge in [0.15, 0.2) is 0 Å². The summed E-state index contributed by atoms with van der Waals surface area (Å²) in [5, 5.41) is 8.14. The molecule has 2 aromatic rings. The minimum atomic E-state index is -0.102. The molecule has 0 bridgehead atoms. The number of nitrogens with one attached hydrogen (secondary N) is 1. The first-order chi connectivity index (χ1) is 10.5. The van der Waals surface area contributed by atoms with Gasteiger partial charge in [0.05, 0.1) is 12.2 Å². The van der Waals surface area contributed by atoms with E-state index < -0.39 is 0 Å². The van der Waals surface area contributed by atoms with Crippen LogP contribution in [0.15, 0.2) is 30.9 Å². The molecule has 4 nitrogen and oxygen atoms in total. The van der Waals surface area contributed by atoms with Gasteiger partial charge in [-0.2, -0.15) is 5.10 Å². The van der Waals surface area contributed by atoms with Gasteiger partial charge in [-0.05, 0) is 44.9 Å². The fourth-order valence-corrected chi connectivity index (χ4v) is 2.58. The van der Waals surface area contributed by atoms with Gasteiger partial charge in [0.2, 0.25) is 0 Å². The van der Waals surface area contributed by atoms with E-state index in [4.69, 9.17) is 11.6 Å². The van der Waals surface area contributed by atoms with Crippen molar-refractivity contribution in [1.82, 2.24) is 9.78 Å². The van der Waals surface area contributed by atoms with Crippen molar-refractivity contribution in [3.8, 4) is 0 Å². The molecule has 5 heteroatoms. The zero-order valence-electron chi connectivity index (χ0n) is 13.1. The topological polar surface area (TPSA) is 46.9 Å². The molecule has 0 aliphatic carbocycles. The summed E-state index contributed by atoms with van der Waals surface area (Å²) in [6.45, 7) is 9.63. The van der Waals surface area contributed by atoms with Crippen LogP contribution < -0.4 is 5.32 Å². The lowest BCUT2D eigenvalue weighted by atomic mass is 10.1. The molecule has 0 aliphatic heterocycles. The standard InChI is InChI=1S/C17H20ClN3O/c1-5-7-14-12(3)20-21(13(14)4)17(22)10-19-16-9-6-8-15(18)11(16)2/h5-6,8-9,19H,1,7,10H2,2-4H3. The first kappa shape index (κ1) is 16.3. The second-order valence-electron chi connectivity index (χ2n) is 5.21. The second kappa shape index (κ2) is 6.79. The van der Waals surface area contributed by atoms with Gasteiger partial charge >= 0.3 is 0 Å². The summed E-state index contributed by atoms with van der Waals surface area (Å²) in [6, 6.07) is 5.58. The highest BCUT2D eigenvalue weighted by atomic mass is 35.5. The van der Waals surface area contributed by atoms with E-state index in [1.807, 2.05) is 45.0 Å². The molecule has 1 heterocycles. The first-order valence-corrected chi connectivity index (χ1v) is 7.51. The summed E-state index contributed by atoms with van der Waals surface area (Å²) < 4.78 is 1.46. The van der Waals surface area contributed by atoms with Gasteiger partial charge in [0, 0.05) is 22.0 Å².